The number of aryl methyl sites for hydroxylation is 1. The highest BCUT2D eigenvalue weighted by molar-refractivity contribution is 5.76. The Morgan fingerprint density at radius 2 is 2.21 bits per heavy atom. The van der Waals surface area contributed by atoms with Crippen molar-refractivity contribution in [3.63, 3.8) is 0 Å². The molecule has 1 saturated heterocycles. The van der Waals surface area contributed by atoms with Crippen LogP contribution in [0.4, 0.5) is 4.39 Å². The number of nitrogens with zero attached hydrogens (tertiary/aromatic N) is 2. The van der Waals surface area contributed by atoms with E-state index in [-0.39, 0.29) is 11.7 Å². The first kappa shape index (κ1) is 16.9. The Hall–Kier alpha value is -1.95. The standard InChI is InChI=1S/C18H25FN4O/c1-23-16-4-3-14(19)12-15(16)22-17(23)8-11-21-18(24)5-2-13-6-9-20-10-7-13/h3-4,12-13,20H,2,5-11H2,1H3,(H,21,24). The number of piperidine rings is 1. The fraction of sp³-hybridized carbons (Fsp3) is 0.556. The van der Waals surface area contributed by atoms with Crippen LogP contribution in [-0.4, -0.2) is 35.1 Å². The molecule has 0 spiro atoms. The average Bonchev–Trinajstić information content (AvgIpc) is 2.89. The van der Waals surface area contributed by atoms with Crippen LogP contribution in [0.1, 0.15) is 31.5 Å². The zero-order valence-electron chi connectivity index (χ0n) is 14.1. The average molecular weight is 332 g/mol. The summed E-state index contributed by atoms with van der Waals surface area (Å²) in [6.45, 7) is 2.70. The van der Waals surface area contributed by atoms with E-state index in [1.165, 1.54) is 25.0 Å². The van der Waals surface area contributed by atoms with E-state index in [0.29, 0.717) is 30.8 Å². The molecule has 2 N–H and O–H groups in total. The number of imidazole rings is 1. The van der Waals surface area contributed by atoms with Crippen LogP contribution in [0.2, 0.25) is 0 Å². The Kier molecular flexibility index (Phi) is 5.45. The van der Waals surface area contributed by atoms with Crippen molar-refractivity contribution in [2.24, 2.45) is 13.0 Å². The summed E-state index contributed by atoms with van der Waals surface area (Å²) in [5.41, 5.74) is 1.56. The van der Waals surface area contributed by atoms with E-state index in [1.807, 2.05) is 11.6 Å². The first-order valence-corrected chi connectivity index (χ1v) is 8.72. The molecule has 2 aromatic rings. The summed E-state index contributed by atoms with van der Waals surface area (Å²) in [6, 6.07) is 4.62. The molecule has 1 aromatic heterocycles. The Morgan fingerprint density at radius 3 is 3.00 bits per heavy atom. The highest BCUT2D eigenvalue weighted by Gasteiger charge is 2.14. The van der Waals surface area contributed by atoms with Gasteiger partial charge in [-0.3, -0.25) is 4.79 Å². The molecule has 1 aromatic carbocycles. The molecule has 1 amide bonds. The quantitative estimate of drug-likeness (QED) is 0.852. The van der Waals surface area contributed by atoms with E-state index >= 15 is 0 Å². The van der Waals surface area contributed by atoms with E-state index in [9.17, 15) is 9.18 Å². The normalized spacial score (nSPS) is 15.8. The minimum absolute atomic E-state index is 0.110. The molecule has 0 radical (unpaired) electrons. The first-order chi connectivity index (χ1) is 11.6. The fourth-order valence-electron chi connectivity index (χ4n) is 3.35. The minimum Gasteiger partial charge on any atom is -0.356 e. The monoisotopic (exact) mass is 332 g/mol. The maximum Gasteiger partial charge on any atom is 0.220 e. The number of halogens is 1. The predicted molar refractivity (Wildman–Crippen MR) is 92.2 cm³/mol. The van der Waals surface area contributed by atoms with Crippen molar-refractivity contribution in [3.05, 3.63) is 29.8 Å². The lowest BCUT2D eigenvalue weighted by molar-refractivity contribution is -0.121. The molecule has 0 unspecified atom stereocenters. The van der Waals surface area contributed by atoms with Crippen LogP contribution in [0.3, 0.4) is 0 Å². The van der Waals surface area contributed by atoms with Crippen molar-refractivity contribution in [1.29, 1.82) is 0 Å². The molecule has 1 fully saturated rings. The number of carbonyl (C=O) groups excluding carboxylic acids is 1. The Morgan fingerprint density at radius 1 is 1.42 bits per heavy atom. The third-order valence-corrected chi connectivity index (χ3v) is 4.84. The zero-order chi connectivity index (χ0) is 16.9. The van der Waals surface area contributed by atoms with Crippen LogP contribution in [0.25, 0.3) is 11.0 Å². The van der Waals surface area contributed by atoms with Crippen molar-refractivity contribution >= 4 is 16.9 Å². The highest BCUT2D eigenvalue weighted by atomic mass is 19.1. The number of hydrogen-bond acceptors (Lipinski definition) is 3. The largest absolute Gasteiger partial charge is 0.356 e. The van der Waals surface area contributed by atoms with E-state index in [2.05, 4.69) is 15.6 Å². The lowest BCUT2D eigenvalue weighted by Crippen LogP contribution is -2.30. The summed E-state index contributed by atoms with van der Waals surface area (Å²) >= 11 is 0. The third-order valence-electron chi connectivity index (χ3n) is 4.84. The maximum atomic E-state index is 13.3. The van der Waals surface area contributed by atoms with Gasteiger partial charge >= 0.3 is 0 Å². The zero-order valence-corrected chi connectivity index (χ0v) is 14.1. The molecule has 5 nitrogen and oxygen atoms in total. The number of benzene rings is 1. The molecule has 6 heteroatoms. The molecule has 1 aliphatic rings. The van der Waals surface area contributed by atoms with Gasteiger partial charge in [0.2, 0.25) is 5.91 Å². The molecule has 24 heavy (non-hydrogen) atoms. The summed E-state index contributed by atoms with van der Waals surface area (Å²) in [5.74, 6) is 1.36. The molecule has 0 atom stereocenters. The number of fused-ring (bicyclic) bond motifs is 1. The van der Waals surface area contributed by atoms with Crippen LogP contribution >= 0.6 is 0 Å². The lowest BCUT2D eigenvalue weighted by atomic mass is 9.93. The topological polar surface area (TPSA) is 59.0 Å². The summed E-state index contributed by atoms with van der Waals surface area (Å²) in [4.78, 5) is 16.4. The minimum atomic E-state index is -0.279. The van der Waals surface area contributed by atoms with E-state index in [1.54, 1.807) is 6.07 Å². The van der Waals surface area contributed by atoms with Gasteiger partial charge in [0, 0.05) is 32.5 Å². The maximum absolute atomic E-state index is 13.3. The molecule has 1 aliphatic heterocycles. The van der Waals surface area contributed by atoms with Crippen molar-refractivity contribution in [2.45, 2.75) is 32.1 Å². The van der Waals surface area contributed by atoms with Crippen LogP contribution in [0, 0.1) is 11.7 Å². The number of hydrogen-bond donors (Lipinski definition) is 2. The van der Waals surface area contributed by atoms with Crippen LogP contribution in [0.15, 0.2) is 18.2 Å². The summed E-state index contributed by atoms with van der Waals surface area (Å²) < 4.78 is 15.2. The van der Waals surface area contributed by atoms with Gasteiger partial charge in [-0.1, -0.05) is 0 Å². The Balaban J connectivity index is 1.45. The van der Waals surface area contributed by atoms with Gasteiger partial charge in [-0.25, -0.2) is 9.37 Å². The van der Waals surface area contributed by atoms with Gasteiger partial charge in [-0.2, -0.15) is 0 Å². The molecule has 2 heterocycles. The van der Waals surface area contributed by atoms with Gasteiger partial charge in [0.15, 0.2) is 0 Å². The summed E-state index contributed by atoms with van der Waals surface area (Å²) in [5, 5.41) is 6.31. The van der Waals surface area contributed by atoms with E-state index in [0.717, 1.165) is 30.9 Å². The molecule has 130 valence electrons. The van der Waals surface area contributed by atoms with Crippen molar-refractivity contribution in [1.82, 2.24) is 20.2 Å². The molecule has 3 rings (SSSR count). The van der Waals surface area contributed by atoms with Crippen LogP contribution < -0.4 is 10.6 Å². The SMILES string of the molecule is Cn1c(CCNC(=O)CCC2CCNCC2)nc2cc(F)ccc21. The number of amides is 1. The lowest BCUT2D eigenvalue weighted by Gasteiger charge is -2.22. The number of carbonyl (C=O) groups is 1. The number of nitrogens with one attached hydrogen (secondary N) is 2. The fourth-order valence-corrected chi connectivity index (χ4v) is 3.35. The van der Waals surface area contributed by atoms with Gasteiger partial charge in [0.1, 0.15) is 11.6 Å². The second kappa shape index (κ2) is 7.75. The van der Waals surface area contributed by atoms with Crippen molar-refractivity contribution in [2.75, 3.05) is 19.6 Å². The molecule has 0 bridgehead atoms. The van der Waals surface area contributed by atoms with Gasteiger partial charge in [0.25, 0.3) is 0 Å². The third kappa shape index (κ3) is 4.12. The van der Waals surface area contributed by atoms with Crippen LogP contribution in [0.5, 0.6) is 0 Å². The van der Waals surface area contributed by atoms with Gasteiger partial charge in [0.05, 0.1) is 11.0 Å². The van der Waals surface area contributed by atoms with Gasteiger partial charge < -0.3 is 15.2 Å². The smallest absolute Gasteiger partial charge is 0.220 e. The second-order valence-electron chi connectivity index (χ2n) is 6.55. The molecular weight excluding hydrogens is 307 g/mol. The highest BCUT2D eigenvalue weighted by Crippen LogP contribution is 2.18. The van der Waals surface area contributed by atoms with E-state index < -0.39 is 0 Å². The Bertz CT molecular complexity index is 706. The first-order valence-electron chi connectivity index (χ1n) is 8.72. The molecule has 0 aliphatic carbocycles. The van der Waals surface area contributed by atoms with Gasteiger partial charge in [-0.05, 0) is 50.4 Å². The van der Waals surface area contributed by atoms with Crippen molar-refractivity contribution < 1.29 is 9.18 Å². The van der Waals surface area contributed by atoms with Crippen LogP contribution in [-0.2, 0) is 18.3 Å². The number of rotatable bonds is 6. The van der Waals surface area contributed by atoms with E-state index in [4.69, 9.17) is 0 Å². The van der Waals surface area contributed by atoms with Gasteiger partial charge in [-0.15, -0.1) is 0 Å². The predicted octanol–water partition coefficient (Wildman–Crippen LogP) is 2.15. The molecule has 0 saturated carbocycles. The van der Waals surface area contributed by atoms with Crippen molar-refractivity contribution in [3.8, 4) is 0 Å². The number of aromatic nitrogens is 2. The second-order valence-corrected chi connectivity index (χ2v) is 6.55. The Labute approximate surface area is 141 Å². The summed E-state index contributed by atoms with van der Waals surface area (Å²) in [7, 11) is 1.92. The summed E-state index contributed by atoms with van der Waals surface area (Å²) in [6.07, 6.45) is 4.55. The molecular formula is C18H25FN4O.